The fourth-order valence-corrected chi connectivity index (χ4v) is 4.96. The molecule has 6 nitrogen and oxygen atoms in total. The van der Waals surface area contributed by atoms with Gasteiger partial charge in [0.25, 0.3) is 0 Å². The van der Waals surface area contributed by atoms with Gasteiger partial charge in [0.05, 0.1) is 5.60 Å². The van der Waals surface area contributed by atoms with Crippen molar-refractivity contribution in [2.45, 2.75) is 17.9 Å². The van der Waals surface area contributed by atoms with Gasteiger partial charge < -0.3 is 15.0 Å². The minimum atomic E-state index is -3.25. The summed E-state index contributed by atoms with van der Waals surface area (Å²) in [6.45, 7) is 3.82. The Morgan fingerprint density at radius 1 is 1.53 bits per heavy atom. The Bertz CT molecular complexity index is 448. The third kappa shape index (κ3) is 3.62. The van der Waals surface area contributed by atoms with Crippen LogP contribution in [0.4, 0.5) is 0 Å². The average Bonchev–Trinajstić information content (AvgIpc) is 2.32. The molecule has 0 radical (unpaired) electrons. The Morgan fingerprint density at radius 2 is 2.21 bits per heavy atom. The van der Waals surface area contributed by atoms with E-state index < -0.39 is 15.2 Å². The van der Waals surface area contributed by atoms with Crippen molar-refractivity contribution < 1.29 is 17.9 Å². The Labute approximate surface area is 118 Å². The van der Waals surface area contributed by atoms with Crippen molar-refractivity contribution in [3.63, 3.8) is 0 Å². The molecule has 0 saturated carbocycles. The van der Waals surface area contributed by atoms with Crippen LogP contribution in [0.25, 0.3) is 0 Å². The molecule has 2 fully saturated rings. The maximum atomic E-state index is 12.1. The molecule has 19 heavy (non-hydrogen) atoms. The van der Waals surface area contributed by atoms with Crippen LogP contribution in [0.5, 0.6) is 0 Å². The summed E-state index contributed by atoms with van der Waals surface area (Å²) in [5, 5.41) is 2.38. The first-order valence-electron chi connectivity index (χ1n) is 6.23. The highest BCUT2D eigenvalue weighted by Crippen LogP contribution is 2.21. The summed E-state index contributed by atoms with van der Waals surface area (Å²) in [6, 6.07) is 0. The van der Waals surface area contributed by atoms with Gasteiger partial charge in [0.15, 0.2) is 9.84 Å². The van der Waals surface area contributed by atoms with Crippen molar-refractivity contribution in [3.8, 4) is 0 Å². The standard InChI is InChI=1S/C11H20N2O4S2/c1-11(7-12-8-11)17-5-9(14)13-3-4-18-6-10(13)19(2,15)16/h10,12H,3-8H2,1-2H3. The van der Waals surface area contributed by atoms with Crippen molar-refractivity contribution in [1.29, 1.82) is 0 Å². The number of nitrogens with zero attached hydrogens (tertiary/aromatic N) is 1. The number of thioether (sulfide) groups is 1. The average molecular weight is 308 g/mol. The molecule has 8 heteroatoms. The Hall–Kier alpha value is -0.310. The molecule has 0 aromatic heterocycles. The molecular weight excluding hydrogens is 288 g/mol. The first-order valence-corrected chi connectivity index (χ1v) is 9.33. The van der Waals surface area contributed by atoms with Gasteiger partial charge in [0.2, 0.25) is 5.91 Å². The lowest BCUT2D eigenvalue weighted by Crippen LogP contribution is -2.60. The van der Waals surface area contributed by atoms with Crippen LogP contribution in [0.2, 0.25) is 0 Å². The number of carbonyl (C=O) groups is 1. The SMILES string of the molecule is CC1(OCC(=O)N2CCSCC2S(C)(=O)=O)CNC1. The minimum Gasteiger partial charge on any atom is -0.363 e. The summed E-state index contributed by atoms with van der Waals surface area (Å²) >= 11 is 1.57. The third-order valence-electron chi connectivity index (χ3n) is 3.44. The fourth-order valence-electron chi connectivity index (χ4n) is 2.12. The third-order valence-corrected chi connectivity index (χ3v) is 6.08. The van der Waals surface area contributed by atoms with Gasteiger partial charge in [-0.05, 0) is 6.92 Å². The van der Waals surface area contributed by atoms with Gasteiger partial charge in [-0.3, -0.25) is 4.79 Å². The Kier molecular flexibility index (Phi) is 4.44. The summed E-state index contributed by atoms with van der Waals surface area (Å²) < 4.78 is 29.0. The molecule has 2 aliphatic rings. The molecule has 0 bridgehead atoms. The van der Waals surface area contributed by atoms with Crippen LogP contribution in [-0.2, 0) is 19.4 Å². The van der Waals surface area contributed by atoms with Gasteiger partial charge in [0.1, 0.15) is 12.0 Å². The van der Waals surface area contributed by atoms with E-state index in [9.17, 15) is 13.2 Å². The molecule has 0 aromatic rings. The van der Waals surface area contributed by atoms with Crippen LogP contribution in [-0.4, -0.2) is 74.2 Å². The number of amides is 1. The molecule has 2 aliphatic heterocycles. The van der Waals surface area contributed by atoms with E-state index in [-0.39, 0.29) is 18.1 Å². The second kappa shape index (κ2) is 5.59. The second-order valence-corrected chi connectivity index (χ2v) is 8.64. The molecule has 2 saturated heterocycles. The molecule has 0 aromatic carbocycles. The maximum Gasteiger partial charge on any atom is 0.249 e. The molecule has 1 N–H and O–H groups in total. The van der Waals surface area contributed by atoms with Gasteiger partial charge in [-0.15, -0.1) is 0 Å². The quantitative estimate of drug-likeness (QED) is 0.741. The van der Waals surface area contributed by atoms with Crippen LogP contribution < -0.4 is 5.32 Å². The van der Waals surface area contributed by atoms with Gasteiger partial charge in [0, 0.05) is 37.4 Å². The number of ether oxygens (including phenoxy) is 1. The fraction of sp³-hybridized carbons (Fsp3) is 0.909. The van der Waals surface area contributed by atoms with Crippen LogP contribution in [0.3, 0.4) is 0 Å². The van der Waals surface area contributed by atoms with E-state index in [1.54, 1.807) is 11.8 Å². The lowest BCUT2D eigenvalue weighted by molar-refractivity contribution is -0.146. The first-order chi connectivity index (χ1) is 8.82. The van der Waals surface area contributed by atoms with E-state index in [4.69, 9.17) is 4.74 Å². The largest absolute Gasteiger partial charge is 0.363 e. The monoisotopic (exact) mass is 308 g/mol. The number of nitrogens with one attached hydrogen (secondary N) is 1. The minimum absolute atomic E-state index is 0.0468. The number of rotatable bonds is 4. The van der Waals surface area contributed by atoms with Gasteiger partial charge in [-0.2, -0.15) is 11.8 Å². The molecule has 2 rings (SSSR count). The molecule has 1 unspecified atom stereocenters. The number of hydrogen-bond donors (Lipinski definition) is 1. The van der Waals surface area contributed by atoms with E-state index in [0.29, 0.717) is 12.3 Å². The predicted octanol–water partition coefficient (Wildman–Crippen LogP) is -0.689. The summed E-state index contributed by atoms with van der Waals surface area (Å²) in [7, 11) is -3.25. The van der Waals surface area contributed by atoms with Crippen molar-refractivity contribution in [3.05, 3.63) is 0 Å². The van der Waals surface area contributed by atoms with E-state index in [1.807, 2.05) is 6.92 Å². The van der Waals surface area contributed by atoms with E-state index >= 15 is 0 Å². The number of sulfone groups is 1. The maximum absolute atomic E-state index is 12.1. The lowest BCUT2D eigenvalue weighted by atomic mass is 10.0. The van der Waals surface area contributed by atoms with Crippen molar-refractivity contribution in [2.75, 3.05) is 44.0 Å². The van der Waals surface area contributed by atoms with Crippen LogP contribution in [0.1, 0.15) is 6.92 Å². The zero-order chi connectivity index (χ0) is 14.1. The van der Waals surface area contributed by atoms with Gasteiger partial charge in [-0.1, -0.05) is 0 Å². The van der Waals surface area contributed by atoms with Crippen molar-refractivity contribution in [2.24, 2.45) is 0 Å². The summed E-state index contributed by atoms with van der Waals surface area (Å²) in [6.07, 6.45) is 1.18. The van der Waals surface area contributed by atoms with Gasteiger partial charge >= 0.3 is 0 Å². The predicted molar refractivity (Wildman–Crippen MR) is 74.9 cm³/mol. The molecule has 110 valence electrons. The Balaban J connectivity index is 1.95. The Morgan fingerprint density at radius 3 is 2.74 bits per heavy atom. The highest BCUT2D eigenvalue weighted by Gasteiger charge is 2.37. The first kappa shape index (κ1) is 15.1. The summed E-state index contributed by atoms with van der Waals surface area (Å²) in [5.41, 5.74) is -0.291. The van der Waals surface area contributed by atoms with Crippen molar-refractivity contribution >= 4 is 27.5 Å². The molecule has 0 spiro atoms. The normalized spacial score (nSPS) is 26.8. The van der Waals surface area contributed by atoms with Crippen molar-refractivity contribution in [1.82, 2.24) is 10.2 Å². The lowest BCUT2D eigenvalue weighted by Gasteiger charge is -2.40. The number of hydrogen-bond acceptors (Lipinski definition) is 6. The van der Waals surface area contributed by atoms with E-state index in [1.165, 1.54) is 11.2 Å². The smallest absolute Gasteiger partial charge is 0.249 e. The topological polar surface area (TPSA) is 75.7 Å². The zero-order valence-electron chi connectivity index (χ0n) is 11.2. The molecule has 1 atom stereocenters. The highest BCUT2D eigenvalue weighted by molar-refractivity contribution is 8.00. The molecule has 0 aliphatic carbocycles. The van der Waals surface area contributed by atoms with Crippen LogP contribution in [0, 0.1) is 0 Å². The van der Waals surface area contributed by atoms with Gasteiger partial charge in [-0.25, -0.2) is 8.42 Å². The molecular formula is C11H20N2O4S2. The van der Waals surface area contributed by atoms with E-state index in [0.717, 1.165) is 18.8 Å². The second-order valence-electron chi connectivity index (χ2n) is 5.29. The summed E-state index contributed by atoms with van der Waals surface area (Å²) in [5.74, 6) is 0.990. The highest BCUT2D eigenvalue weighted by atomic mass is 32.2. The summed E-state index contributed by atoms with van der Waals surface area (Å²) in [4.78, 5) is 13.6. The zero-order valence-corrected chi connectivity index (χ0v) is 12.8. The molecule has 1 amide bonds. The van der Waals surface area contributed by atoms with E-state index in [2.05, 4.69) is 5.32 Å². The van der Waals surface area contributed by atoms with Crippen LogP contribution >= 0.6 is 11.8 Å². The number of carbonyl (C=O) groups excluding carboxylic acids is 1. The van der Waals surface area contributed by atoms with Crippen LogP contribution in [0.15, 0.2) is 0 Å². The molecule has 2 heterocycles.